The second-order valence-electron chi connectivity index (χ2n) is 2.62. The Morgan fingerprint density at radius 1 is 1.07 bits per heavy atom. The average Bonchev–Trinajstić information content (AvgIpc) is 2.53. The van der Waals surface area contributed by atoms with Crippen molar-refractivity contribution < 1.29 is 30.5 Å². The van der Waals surface area contributed by atoms with E-state index in [0.717, 1.165) is 6.07 Å². The summed E-state index contributed by atoms with van der Waals surface area (Å²) in [5.74, 6) is -1.29. The average molecular weight is 226 g/mol. The molecule has 1 aromatic heterocycles. The first-order valence-electron chi connectivity index (χ1n) is 3.77. The first-order chi connectivity index (χ1) is 6.25. The van der Waals surface area contributed by atoms with Gasteiger partial charge in [0.1, 0.15) is 11.6 Å². The minimum atomic E-state index is -0.691. The Morgan fingerprint density at radius 2 is 1.71 bits per heavy atom. The number of hydrogen-bond acceptors (Lipinski definition) is 0. The minimum Gasteiger partial charge on any atom is -0.323 e. The molecule has 0 amide bonds. The molecule has 1 nitrogen and oxygen atoms in total. The first kappa shape index (κ1) is 11.2. The molecule has 1 radical (unpaired) electrons. The molecule has 0 aliphatic heterocycles. The van der Waals surface area contributed by atoms with Gasteiger partial charge in [-0.15, -0.1) is 0 Å². The van der Waals surface area contributed by atoms with E-state index < -0.39 is 11.6 Å². The summed E-state index contributed by atoms with van der Waals surface area (Å²) in [5.41, 5.74) is 0.363. The zero-order valence-electron chi connectivity index (χ0n) is 7.17. The monoisotopic (exact) mass is 226 g/mol. The van der Waals surface area contributed by atoms with Crippen molar-refractivity contribution in [3.63, 3.8) is 0 Å². The van der Waals surface area contributed by atoms with Crippen molar-refractivity contribution >= 4 is 0 Å². The number of rotatable bonds is 1. The number of aromatic nitrogens is 1. The van der Waals surface area contributed by atoms with E-state index in [1.165, 1.54) is 6.07 Å². The maximum atomic E-state index is 12.7. The molecular weight excluding hydrogens is 220 g/mol. The smallest absolute Gasteiger partial charge is 0.136 e. The summed E-state index contributed by atoms with van der Waals surface area (Å²) >= 11 is 0. The molecule has 0 aliphatic carbocycles. The minimum absolute atomic E-state index is 0. The molecule has 0 bridgehead atoms. The van der Waals surface area contributed by atoms with Gasteiger partial charge in [-0.05, 0) is 18.2 Å². The van der Waals surface area contributed by atoms with Gasteiger partial charge in [-0.3, -0.25) is 0 Å². The standard InChI is InChI=1S/C10H6F2N.Ti/c11-8-5-9(12)7-10(6-8)13-3-1-2-4-13;/h1-6H;. The van der Waals surface area contributed by atoms with Crippen LogP contribution in [0.2, 0.25) is 0 Å². The van der Waals surface area contributed by atoms with E-state index in [-0.39, 0.29) is 21.7 Å². The van der Waals surface area contributed by atoms with E-state index in [0.29, 0.717) is 5.69 Å². The summed E-state index contributed by atoms with van der Waals surface area (Å²) < 4.78 is 27.0. The molecule has 0 saturated carbocycles. The van der Waals surface area contributed by atoms with E-state index in [4.69, 9.17) is 0 Å². The summed E-state index contributed by atoms with van der Waals surface area (Å²) in [6, 6.07) is 7.98. The normalized spacial score (nSPS) is 9.57. The first-order valence-corrected chi connectivity index (χ1v) is 3.77. The zero-order chi connectivity index (χ0) is 9.26. The summed E-state index contributed by atoms with van der Waals surface area (Å²) in [6.07, 6.45) is 3.40. The Morgan fingerprint density at radius 3 is 2.29 bits per heavy atom. The molecule has 0 fully saturated rings. The molecule has 2 aromatic rings. The predicted octanol–water partition coefficient (Wildman–Crippen LogP) is 2.55. The fourth-order valence-electron chi connectivity index (χ4n) is 1.12. The van der Waals surface area contributed by atoms with Crippen LogP contribution in [0.1, 0.15) is 0 Å². The molecule has 1 heterocycles. The van der Waals surface area contributed by atoms with Gasteiger partial charge in [-0.2, -0.15) is 0 Å². The van der Waals surface area contributed by atoms with E-state index >= 15 is 0 Å². The van der Waals surface area contributed by atoms with Gasteiger partial charge >= 0.3 is 0 Å². The van der Waals surface area contributed by atoms with Gasteiger partial charge in [0.25, 0.3) is 0 Å². The van der Waals surface area contributed by atoms with Crippen LogP contribution in [0.5, 0.6) is 0 Å². The van der Waals surface area contributed by atoms with Gasteiger partial charge in [0.05, 0.1) is 5.69 Å². The van der Waals surface area contributed by atoms with Gasteiger partial charge in [-0.25, -0.2) is 8.78 Å². The van der Waals surface area contributed by atoms with Crippen LogP contribution >= 0.6 is 0 Å². The molecule has 14 heavy (non-hydrogen) atoms. The van der Waals surface area contributed by atoms with Crippen LogP contribution in [0.4, 0.5) is 8.78 Å². The van der Waals surface area contributed by atoms with Crippen molar-refractivity contribution in [2.24, 2.45) is 0 Å². The number of nitrogens with zero attached hydrogens (tertiary/aromatic N) is 1. The zero-order valence-corrected chi connectivity index (χ0v) is 8.73. The second-order valence-corrected chi connectivity index (χ2v) is 2.62. The molecule has 2 rings (SSSR count). The van der Waals surface area contributed by atoms with Crippen molar-refractivity contribution in [2.75, 3.05) is 0 Å². The Hall–Kier alpha value is -0.926. The van der Waals surface area contributed by atoms with Crippen LogP contribution in [-0.2, 0) is 21.7 Å². The maximum Gasteiger partial charge on any atom is 0.136 e. The molecular formula is C10H6F2NTi. The number of benzene rings is 1. The third-order valence-electron chi connectivity index (χ3n) is 1.67. The van der Waals surface area contributed by atoms with Crippen molar-refractivity contribution in [1.82, 2.24) is 4.57 Å². The van der Waals surface area contributed by atoms with Crippen molar-refractivity contribution in [3.05, 3.63) is 54.4 Å². The fourth-order valence-corrected chi connectivity index (χ4v) is 1.12. The van der Waals surface area contributed by atoms with Crippen LogP contribution in [0.3, 0.4) is 0 Å². The van der Waals surface area contributed by atoms with Gasteiger partial charge in [0, 0.05) is 46.2 Å². The molecule has 0 aliphatic rings. The van der Waals surface area contributed by atoms with Gasteiger partial charge < -0.3 is 4.57 Å². The summed E-state index contributed by atoms with van der Waals surface area (Å²) in [7, 11) is 0. The van der Waals surface area contributed by atoms with E-state index in [9.17, 15) is 8.78 Å². The largest absolute Gasteiger partial charge is 0.323 e. The predicted molar refractivity (Wildman–Crippen MR) is 44.5 cm³/mol. The molecule has 0 spiro atoms. The van der Waals surface area contributed by atoms with Crippen LogP contribution in [-0.4, -0.2) is 4.57 Å². The second kappa shape index (κ2) is 4.53. The van der Waals surface area contributed by atoms with Gasteiger partial charge in [-0.1, -0.05) is 0 Å². The van der Waals surface area contributed by atoms with E-state index in [1.54, 1.807) is 29.1 Å². The Bertz CT molecular complexity index is 392. The van der Waals surface area contributed by atoms with E-state index in [1.807, 2.05) is 0 Å². The molecule has 0 saturated heterocycles. The van der Waals surface area contributed by atoms with Crippen LogP contribution < -0.4 is 0 Å². The number of halogens is 2. The van der Waals surface area contributed by atoms with Crippen LogP contribution in [0.15, 0.2) is 36.7 Å². The third-order valence-corrected chi connectivity index (χ3v) is 1.67. The molecule has 4 heteroatoms. The topological polar surface area (TPSA) is 4.93 Å². The van der Waals surface area contributed by atoms with Crippen molar-refractivity contribution in [1.29, 1.82) is 0 Å². The third kappa shape index (κ3) is 2.31. The van der Waals surface area contributed by atoms with Crippen molar-refractivity contribution in [2.45, 2.75) is 0 Å². The van der Waals surface area contributed by atoms with Crippen LogP contribution in [0, 0.1) is 17.7 Å². The van der Waals surface area contributed by atoms with Gasteiger partial charge in [0.15, 0.2) is 0 Å². The van der Waals surface area contributed by atoms with Gasteiger partial charge in [0.2, 0.25) is 0 Å². The van der Waals surface area contributed by atoms with E-state index in [2.05, 4.69) is 6.07 Å². The SMILES string of the molecule is Fc1[c]c(-n2cccc2)cc(F)c1.[Ti]. The van der Waals surface area contributed by atoms with Crippen molar-refractivity contribution in [3.8, 4) is 5.69 Å². The van der Waals surface area contributed by atoms with Crippen LogP contribution in [0.25, 0.3) is 5.69 Å². The Kier molecular flexibility index (Phi) is 3.61. The molecule has 1 aromatic carbocycles. The summed E-state index contributed by atoms with van der Waals surface area (Å²) in [6.45, 7) is 0. The summed E-state index contributed by atoms with van der Waals surface area (Å²) in [5, 5.41) is 0. The quantitative estimate of drug-likeness (QED) is 0.658. The maximum absolute atomic E-state index is 12.7. The molecule has 0 N–H and O–H groups in total. The summed E-state index contributed by atoms with van der Waals surface area (Å²) in [4.78, 5) is 0. The Balaban J connectivity index is 0.000000980. The Labute approximate surface area is 95.2 Å². The fraction of sp³-hybridized carbons (Fsp3) is 0. The molecule has 0 atom stereocenters. The molecule has 69 valence electrons. The molecule has 0 unspecified atom stereocenters. The number of hydrogen-bond donors (Lipinski definition) is 0.